The van der Waals surface area contributed by atoms with Crippen molar-refractivity contribution in [3.63, 3.8) is 0 Å². The molecular formula is C17H17NO3S. The molecule has 114 valence electrons. The number of nitrogens with zero attached hydrogens (tertiary/aromatic N) is 1. The van der Waals surface area contributed by atoms with Crippen LogP contribution < -0.4 is 4.90 Å². The molecular weight excluding hydrogens is 298 g/mol. The number of amides is 1. The zero-order chi connectivity index (χ0) is 15.9. The van der Waals surface area contributed by atoms with Crippen molar-refractivity contribution in [1.29, 1.82) is 0 Å². The molecule has 1 aliphatic heterocycles. The Morgan fingerprint density at radius 1 is 1.50 bits per heavy atom. The van der Waals surface area contributed by atoms with Crippen LogP contribution in [0, 0.1) is 5.92 Å². The Bertz CT molecular complexity index is 697. The van der Waals surface area contributed by atoms with E-state index in [2.05, 4.69) is 6.58 Å². The quantitative estimate of drug-likeness (QED) is 0.622. The molecule has 0 fully saturated rings. The summed E-state index contributed by atoms with van der Waals surface area (Å²) in [4.78, 5) is 27.6. The van der Waals surface area contributed by atoms with E-state index in [0.29, 0.717) is 12.0 Å². The van der Waals surface area contributed by atoms with E-state index in [1.165, 1.54) is 18.9 Å². The van der Waals surface area contributed by atoms with Gasteiger partial charge in [-0.05, 0) is 24.6 Å². The molecule has 0 N–H and O–H groups in total. The van der Waals surface area contributed by atoms with Gasteiger partial charge in [0, 0.05) is 23.4 Å². The number of ether oxygens (including phenoxy) is 1. The molecule has 0 bridgehead atoms. The number of thioether (sulfide) groups is 1. The number of hydrogen-bond donors (Lipinski definition) is 0. The predicted molar refractivity (Wildman–Crippen MR) is 86.8 cm³/mol. The fourth-order valence-corrected chi connectivity index (χ4v) is 4.59. The highest BCUT2D eigenvalue weighted by atomic mass is 32.2. The minimum absolute atomic E-state index is 0.0121. The third-order valence-electron chi connectivity index (χ3n) is 4.20. The first kappa shape index (κ1) is 14.9. The lowest BCUT2D eigenvalue weighted by Crippen LogP contribution is -2.46. The van der Waals surface area contributed by atoms with Crippen molar-refractivity contribution in [2.24, 2.45) is 5.92 Å². The van der Waals surface area contributed by atoms with Crippen LogP contribution in [0.3, 0.4) is 0 Å². The monoisotopic (exact) mass is 315 g/mol. The summed E-state index contributed by atoms with van der Waals surface area (Å²) >= 11 is 1.51. The minimum Gasteiger partial charge on any atom is -0.466 e. The Balaban J connectivity index is 2.08. The molecule has 1 aromatic rings. The van der Waals surface area contributed by atoms with Crippen molar-refractivity contribution >= 4 is 29.3 Å². The summed E-state index contributed by atoms with van der Waals surface area (Å²) in [6, 6.07) is 7.79. The first-order valence-corrected chi connectivity index (χ1v) is 7.84. The number of para-hydroxylation sites is 1. The van der Waals surface area contributed by atoms with Gasteiger partial charge >= 0.3 is 5.97 Å². The number of benzene rings is 1. The average molecular weight is 315 g/mol. The summed E-state index contributed by atoms with van der Waals surface area (Å²) in [6.07, 6.45) is 4.01. The number of anilines is 1. The molecule has 1 aliphatic carbocycles. The molecule has 1 spiro atoms. The second-order valence-electron chi connectivity index (χ2n) is 5.46. The van der Waals surface area contributed by atoms with E-state index in [-0.39, 0.29) is 11.8 Å². The fraction of sp³-hybridized carbons (Fsp3) is 0.294. The van der Waals surface area contributed by atoms with Crippen molar-refractivity contribution in [1.82, 2.24) is 0 Å². The maximum absolute atomic E-state index is 12.9. The number of hydrogen-bond acceptors (Lipinski definition) is 4. The van der Waals surface area contributed by atoms with Crippen molar-refractivity contribution < 1.29 is 14.3 Å². The number of esters is 1. The largest absolute Gasteiger partial charge is 0.466 e. The molecule has 2 unspecified atom stereocenters. The average Bonchev–Trinajstić information content (AvgIpc) is 2.92. The Labute approximate surface area is 133 Å². The highest BCUT2D eigenvalue weighted by Gasteiger charge is 2.50. The highest BCUT2D eigenvalue weighted by molar-refractivity contribution is 8.02. The van der Waals surface area contributed by atoms with Crippen molar-refractivity contribution in [2.75, 3.05) is 19.1 Å². The lowest BCUT2D eigenvalue weighted by Gasteiger charge is -2.37. The van der Waals surface area contributed by atoms with E-state index >= 15 is 0 Å². The molecule has 2 atom stereocenters. The maximum atomic E-state index is 12.9. The third-order valence-corrected chi connectivity index (χ3v) is 5.59. The van der Waals surface area contributed by atoms with E-state index in [1.54, 1.807) is 24.1 Å². The maximum Gasteiger partial charge on any atom is 0.334 e. The van der Waals surface area contributed by atoms with E-state index < -0.39 is 10.7 Å². The van der Waals surface area contributed by atoms with E-state index in [0.717, 1.165) is 10.6 Å². The lowest BCUT2D eigenvalue weighted by atomic mass is 9.98. The number of allylic oxidation sites excluding steroid dienone is 1. The van der Waals surface area contributed by atoms with Gasteiger partial charge in [0.15, 0.2) is 0 Å². The van der Waals surface area contributed by atoms with Gasteiger partial charge in [0.2, 0.25) is 5.91 Å². The summed E-state index contributed by atoms with van der Waals surface area (Å²) < 4.78 is 4.08. The molecule has 0 saturated carbocycles. The molecule has 1 amide bonds. The smallest absolute Gasteiger partial charge is 0.334 e. The van der Waals surface area contributed by atoms with Gasteiger partial charge in [-0.1, -0.05) is 18.2 Å². The molecule has 2 aliphatic rings. The third kappa shape index (κ3) is 2.08. The van der Waals surface area contributed by atoms with Crippen LogP contribution in [0.25, 0.3) is 0 Å². The topological polar surface area (TPSA) is 46.6 Å². The van der Waals surface area contributed by atoms with Crippen molar-refractivity contribution in [3.8, 4) is 0 Å². The Morgan fingerprint density at radius 2 is 2.23 bits per heavy atom. The van der Waals surface area contributed by atoms with Gasteiger partial charge in [0.05, 0.1) is 12.8 Å². The SMILES string of the molecule is C=CC1CC2(C=C1C(=O)OC)Sc1ccccc1N(C)C2=O. The fourth-order valence-electron chi connectivity index (χ4n) is 3.07. The van der Waals surface area contributed by atoms with Crippen LogP contribution in [0.5, 0.6) is 0 Å². The number of methoxy groups -OCH3 is 1. The van der Waals surface area contributed by atoms with Gasteiger partial charge in [0.1, 0.15) is 4.75 Å². The van der Waals surface area contributed by atoms with Gasteiger partial charge in [-0.25, -0.2) is 4.79 Å². The highest BCUT2D eigenvalue weighted by Crippen LogP contribution is 2.53. The van der Waals surface area contributed by atoms with Crippen LogP contribution in [-0.4, -0.2) is 30.8 Å². The van der Waals surface area contributed by atoms with Gasteiger partial charge in [-0.3, -0.25) is 4.79 Å². The normalized spacial score (nSPS) is 26.6. The molecule has 4 nitrogen and oxygen atoms in total. The molecule has 22 heavy (non-hydrogen) atoms. The molecule has 5 heteroatoms. The van der Waals surface area contributed by atoms with Crippen LogP contribution in [0.4, 0.5) is 5.69 Å². The van der Waals surface area contributed by atoms with Crippen LogP contribution >= 0.6 is 11.8 Å². The lowest BCUT2D eigenvalue weighted by molar-refractivity contribution is -0.136. The number of fused-ring (bicyclic) bond motifs is 1. The summed E-state index contributed by atoms with van der Waals surface area (Å²) in [5.74, 6) is -0.568. The molecule has 1 aromatic carbocycles. The number of carbonyl (C=O) groups excluding carboxylic acids is 2. The second-order valence-corrected chi connectivity index (χ2v) is 6.83. The number of rotatable bonds is 2. The van der Waals surface area contributed by atoms with E-state index in [4.69, 9.17) is 4.74 Å². The standard InChI is InChI=1S/C17H17NO3S/c1-4-11-9-17(10-12(11)15(19)21-3)16(20)18(2)13-7-5-6-8-14(13)22-17/h4-8,10-11H,1,9H2,2-3H3. The Morgan fingerprint density at radius 3 is 2.91 bits per heavy atom. The minimum atomic E-state index is -0.758. The van der Waals surface area contributed by atoms with Crippen molar-refractivity contribution in [3.05, 3.63) is 48.6 Å². The van der Waals surface area contributed by atoms with Crippen LogP contribution in [0.2, 0.25) is 0 Å². The zero-order valence-corrected chi connectivity index (χ0v) is 13.4. The van der Waals surface area contributed by atoms with Gasteiger partial charge < -0.3 is 9.64 Å². The van der Waals surface area contributed by atoms with E-state index in [1.807, 2.05) is 24.3 Å². The molecule has 0 aromatic heterocycles. The van der Waals surface area contributed by atoms with Crippen LogP contribution in [-0.2, 0) is 14.3 Å². The molecule has 0 radical (unpaired) electrons. The van der Waals surface area contributed by atoms with Gasteiger partial charge in [0.25, 0.3) is 0 Å². The van der Waals surface area contributed by atoms with Gasteiger partial charge in [-0.2, -0.15) is 0 Å². The van der Waals surface area contributed by atoms with E-state index in [9.17, 15) is 9.59 Å². The van der Waals surface area contributed by atoms with Crippen LogP contribution in [0.15, 0.2) is 53.5 Å². The van der Waals surface area contributed by atoms with Crippen LogP contribution in [0.1, 0.15) is 6.42 Å². The first-order chi connectivity index (χ1) is 10.5. The van der Waals surface area contributed by atoms with Gasteiger partial charge in [-0.15, -0.1) is 18.3 Å². The molecule has 0 saturated heterocycles. The Hall–Kier alpha value is -2.01. The first-order valence-electron chi connectivity index (χ1n) is 7.02. The predicted octanol–water partition coefficient (Wildman–Crippen LogP) is 2.80. The van der Waals surface area contributed by atoms with Crippen molar-refractivity contribution in [2.45, 2.75) is 16.1 Å². The second kappa shape index (κ2) is 5.32. The summed E-state index contributed by atoms with van der Waals surface area (Å²) in [5, 5.41) is 0. The molecule has 1 heterocycles. The summed E-state index contributed by atoms with van der Waals surface area (Å²) in [5.41, 5.74) is 1.42. The Kier molecular flexibility index (Phi) is 3.60. The summed E-state index contributed by atoms with van der Waals surface area (Å²) in [6.45, 7) is 3.79. The zero-order valence-electron chi connectivity index (χ0n) is 12.5. The molecule has 3 rings (SSSR count). The number of carbonyl (C=O) groups is 2. The summed E-state index contributed by atoms with van der Waals surface area (Å²) in [7, 11) is 3.13.